The van der Waals surface area contributed by atoms with Crippen LogP contribution in [0.1, 0.15) is 104 Å². The Morgan fingerprint density at radius 3 is 2.23 bits per heavy atom. The van der Waals surface area contributed by atoms with E-state index in [-0.39, 0.29) is 30.7 Å². The zero-order valence-electron chi connectivity index (χ0n) is 24.3. The van der Waals surface area contributed by atoms with Crippen molar-refractivity contribution in [2.45, 2.75) is 110 Å². The summed E-state index contributed by atoms with van der Waals surface area (Å²) in [7, 11) is 0. The van der Waals surface area contributed by atoms with E-state index >= 15 is 0 Å². The van der Waals surface area contributed by atoms with Gasteiger partial charge in [-0.05, 0) is 46.1 Å². The minimum Gasteiger partial charge on any atom is -0.508 e. The van der Waals surface area contributed by atoms with Crippen LogP contribution in [0.4, 0.5) is 4.79 Å². The van der Waals surface area contributed by atoms with Crippen molar-refractivity contribution < 1.29 is 29.0 Å². The zero-order valence-corrected chi connectivity index (χ0v) is 24.3. The maximum atomic E-state index is 14.1. The largest absolute Gasteiger partial charge is 0.508 e. The topological polar surface area (TPSA) is 151 Å². The Balaban J connectivity index is 3.46. The van der Waals surface area contributed by atoms with Crippen molar-refractivity contribution in [1.29, 1.82) is 0 Å². The highest BCUT2D eigenvalue weighted by molar-refractivity contribution is 5.92. The van der Waals surface area contributed by atoms with Gasteiger partial charge in [-0.2, -0.15) is 0 Å². The van der Waals surface area contributed by atoms with E-state index in [0.29, 0.717) is 13.0 Å². The standard InChI is InChI=1S/C29H48N4O6/c1-6-8-10-11-14-20-33(25(26(36)31-19-9-7-2)21-15-12-13-16-23(21)34)27(37)22(17-18-24(30)35)32-28(38)39-29(3,4)5/h12-13,15-16,22,25,34H,6-11,14,17-20H2,1-5H3,(H2,30,35)(H,31,36)(H,32,38). The number of benzene rings is 1. The average Bonchev–Trinajstić information content (AvgIpc) is 2.85. The molecular weight excluding hydrogens is 500 g/mol. The number of carbonyl (C=O) groups excluding carboxylic acids is 4. The summed E-state index contributed by atoms with van der Waals surface area (Å²) in [6, 6.07) is 4.10. The Labute approximate surface area is 233 Å². The van der Waals surface area contributed by atoms with Gasteiger partial charge in [-0.25, -0.2) is 4.79 Å². The number of primary amides is 1. The van der Waals surface area contributed by atoms with Crippen LogP contribution < -0.4 is 16.4 Å². The summed E-state index contributed by atoms with van der Waals surface area (Å²) in [4.78, 5) is 53.3. The molecule has 1 aromatic rings. The normalized spacial score (nSPS) is 12.7. The van der Waals surface area contributed by atoms with Gasteiger partial charge in [-0.3, -0.25) is 14.4 Å². The number of aromatic hydroxyl groups is 1. The number of rotatable bonds is 17. The van der Waals surface area contributed by atoms with Crippen molar-refractivity contribution in [3.63, 3.8) is 0 Å². The number of phenols is 1. The summed E-state index contributed by atoms with van der Waals surface area (Å²) in [5.74, 6) is -1.74. The number of alkyl carbamates (subject to hydrolysis) is 1. The third-order valence-electron chi connectivity index (χ3n) is 6.08. The van der Waals surface area contributed by atoms with E-state index < -0.39 is 41.5 Å². The first-order valence-electron chi connectivity index (χ1n) is 14.0. The Morgan fingerprint density at radius 1 is 1.00 bits per heavy atom. The average molecular weight is 549 g/mol. The van der Waals surface area contributed by atoms with Crippen LogP contribution in [0.3, 0.4) is 0 Å². The fraction of sp³-hybridized carbons (Fsp3) is 0.655. The molecule has 10 heteroatoms. The number of para-hydroxylation sites is 1. The second-order valence-electron chi connectivity index (χ2n) is 10.8. The quantitative estimate of drug-likeness (QED) is 0.213. The molecule has 10 nitrogen and oxygen atoms in total. The molecule has 2 unspecified atom stereocenters. The molecule has 0 fully saturated rings. The second kappa shape index (κ2) is 17.3. The number of ether oxygens (including phenoxy) is 1. The second-order valence-corrected chi connectivity index (χ2v) is 10.8. The number of nitrogens with zero attached hydrogens (tertiary/aromatic N) is 1. The van der Waals surface area contributed by atoms with Crippen LogP contribution in [0.25, 0.3) is 0 Å². The molecule has 5 N–H and O–H groups in total. The Kier molecular flexibility index (Phi) is 15.0. The molecule has 1 rings (SSSR count). The lowest BCUT2D eigenvalue weighted by atomic mass is 9.99. The molecule has 1 aromatic carbocycles. The van der Waals surface area contributed by atoms with Crippen molar-refractivity contribution in [2.75, 3.05) is 13.1 Å². The Bertz CT molecular complexity index is 931. The lowest BCUT2D eigenvalue weighted by Gasteiger charge is -2.35. The van der Waals surface area contributed by atoms with E-state index in [1.165, 1.54) is 11.0 Å². The van der Waals surface area contributed by atoms with E-state index in [1.54, 1.807) is 39.0 Å². The maximum absolute atomic E-state index is 14.1. The number of hydrogen-bond acceptors (Lipinski definition) is 6. The molecule has 39 heavy (non-hydrogen) atoms. The van der Waals surface area contributed by atoms with E-state index in [0.717, 1.165) is 38.5 Å². The SMILES string of the molecule is CCCCCCCN(C(=O)C(CCC(N)=O)NC(=O)OC(C)(C)C)C(C(=O)NCCCC)c1ccccc1O. The van der Waals surface area contributed by atoms with Gasteiger partial charge in [-0.15, -0.1) is 0 Å². The Morgan fingerprint density at radius 2 is 1.64 bits per heavy atom. The van der Waals surface area contributed by atoms with E-state index in [1.807, 2.05) is 6.92 Å². The van der Waals surface area contributed by atoms with Crippen LogP contribution in [0, 0.1) is 0 Å². The lowest BCUT2D eigenvalue weighted by molar-refractivity contribution is -0.143. The summed E-state index contributed by atoms with van der Waals surface area (Å²) < 4.78 is 5.35. The molecule has 0 heterocycles. The maximum Gasteiger partial charge on any atom is 0.408 e. The van der Waals surface area contributed by atoms with Gasteiger partial charge in [0.25, 0.3) is 0 Å². The number of amides is 4. The summed E-state index contributed by atoms with van der Waals surface area (Å²) >= 11 is 0. The van der Waals surface area contributed by atoms with Gasteiger partial charge in [0.2, 0.25) is 17.7 Å². The minimum absolute atomic E-state index is 0.0648. The third kappa shape index (κ3) is 12.9. The molecule has 0 aromatic heterocycles. The van der Waals surface area contributed by atoms with Gasteiger partial charge in [-0.1, -0.05) is 64.2 Å². The molecule has 4 amide bonds. The molecule has 0 aliphatic carbocycles. The summed E-state index contributed by atoms with van der Waals surface area (Å²) in [6.07, 6.45) is 5.13. The molecule has 0 saturated carbocycles. The summed E-state index contributed by atoms with van der Waals surface area (Å²) in [5.41, 5.74) is 4.83. The fourth-order valence-corrected chi connectivity index (χ4v) is 4.10. The van der Waals surface area contributed by atoms with Crippen molar-refractivity contribution in [3.8, 4) is 5.75 Å². The van der Waals surface area contributed by atoms with E-state index in [9.17, 15) is 24.3 Å². The first-order chi connectivity index (χ1) is 18.4. The van der Waals surface area contributed by atoms with Gasteiger partial charge >= 0.3 is 6.09 Å². The minimum atomic E-state index is -1.17. The van der Waals surface area contributed by atoms with Crippen molar-refractivity contribution in [2.24, 2.45) is 5.73 Å². The highest BCUT2D eigenvalue weighted by atomic mass is 16.6. The number of unbranched alkanes of at least 4 members (excludes halogenated alkanes) is 5. The van der Waals surface area contributed by atoms with Crippen LogP contribution in [-0.2, 0) is 19.1 Å². The molecule has 0 bridgehead atoms. The number of nitrogens with one attached hydrogen (secondary N) is 2. The molecule has 0 aliphatic heterocycles. The smallest absolute Gasteiger partial charge is 0.408 e. The van der Waals surface area contributed by atoms with Crippen LogP contribution in [0.15, 0.2) is 24.3 Å². The molecule has 0 radical (unpaired) electrons. The van der Waals surface area contributed by atoms with Crippen LogP contribution in [0.5, 0.6) is 5.75 Å². The lowest BCUT2D eigenvalue weighted by Crippen LogP contribution is -2.53. The van der Waals surface area contributed by atoms with Gasteiger partial charge in [0.05, 0.1) is 0 Å². The van der Waals surface area contributed by atoms with E-state index in [2.05, 4.69) is 17.6 Å². The predicted octanol–water partition coefficient (Wildman–Crippen LogP) is 4.31. The molecular formula is C29H48N4O6. The van der Waals surface area contributed by atoms with Gasteiger partial charge in [0, 0.05) is 25.1 Å². The molecule has 0 spiro atoms. The highest BCUT2D eigenvalue weighted by Gasteiger charge is 2.37. The van der Waals surface area contributed by atoms with Crippen molar-refractivity contribution >= 4 is 23.8 Å². The van der Waals surface area contributed by atoms with Gasteiger partial charge < -0.3 is 31.1 Å². The number of phenolic OH excluding ortho intramolecular Hbond substituents is 1. The van der Waals surface area contributed by atoms with Crippen molar-refractivity contribution in [1.82, 2.24) is 15.5 Å². The van der Waals surface area contributed by atoms with E-state index in [4.69, 9.17) is 10.5 Å². The highest BCUT2D eigenvalue weighted by Crippen LogP contribution is 2.30. The number of hydrogen-bond donors (Lipinski definition) is 4. The monoisotopic (exact) mass is 548 g/mol. The number of nitrogens with two attached hydrogens (primary N) is 1. The van der Waals surface area contributed by atoms with Gasteiger partial charge in [0.15, 0.2) is 0 Å². The zero-order chi connectivity index (χ0) is 29.4. The summed E-state index contributed by atoms with van der Waals surface area (Å²) in [6.45, 7) is 9.84. The molecule has 220 valence electrons. The number of carbonyl (C=O) groups is 4. The molecule has 0 aliphatic rings. The molecule has 0 saturated heterocycles. The van der Waals surface area contributed by atoms with Crippen LogP contribution >= 0.6 is 0 Å². The first kappa shape index (κ1) is 33.7. The fourth-order valence-electron chi connectivity index (χ4n) is 4.10. The first-order valence-corrected chi connectivity index (χ1v) is 14.0. The van der Waals surface area contributed by atoms with Crippen LogP contribution in [-0.4, -0.2) is 58.6 Å². The molecule has 2 atom stereocenters. The third-order valence-corrected chi connectivity index (χ3v) is 6.08. The Hall–Kier alpha value is -3.30. The van der Waals surface area contributed by atoms with Crippen LogP contribution in [0.2, 0.25) is 0 Å². The van der Waals surface area contributed by atoms with Crippen molar-refractivity contribution in [3.05, 3.63) is 29.8 Å². The van der Waals surface area contributed by atoms with Gasteiger partial charge in [0.1, 0.15) is 23.4 Å². The predicted molar refractivity (Wildman–Crippen MR) is 151 cm³/mol. The summed E-state index contributed by atoms with van der Waals surface area (Å²) in [5, 5.41) is 16.2.